The van der Waals surface area contributed by atoms with Crippen LogP contribution in [0.3, 0.4) is 0 Å². The van der Waals surface area contributed by atoms with Gasteiger partial charge in [-0.15, -0.1) is 11.8 Å². The van der Waals surface area contributed by atoms with E-state index in [1.165, 1.54) is 17.8 Å². The molecule has 0 spiro atoms. The van der Waals surface area contributed by atoms with Crippen LogP contribution in [0, 0.1) is 5.82 Å². The number of carbonyl (C=O) groups is 1. The molecule has 31 heavy (non-hydrogen) atoms. The highest BCUT2D eigenvalue weighted by Crippen LogP contribution is 2.36. The van der Waals surface area contributed by atoms with E-state index in [-0.39, 0.29) is 11.7 Å². The van der Waals surface area contributed by atoms with Gasteiger partial charge in [-0.3, -0.25) is 4.79 Å². The summed E-state index contributed by atoms with van der Waals surface area (Å²) in [6, 6.07) is 25.1. The van der Waals surface area contributed by atoms with Gasteiger partial charge in [0.15, 0.2) is 0 Å². The molecule has 3 aromatic carbocycles. The van der Waals surface area contributed by atoms with E-state index in [0.29, 0.717) is 11.4 Å². The lowest BCUT2D eigenvalue weighted by molar-refractivity contribution is -0.121. The van der Waals surface area contributed by atoms with Gasteiger partial charge in [-0.1, -0.05) is 66.7 Å². The Labute approximate surface area is 185 Å². The van der Waals surface area contributed by atoms with Crippen molar-refractivity contribution in [2.24, 2.45) is 7.05 Å². The van der Waals surface area contributed by atoms with E-state index in [4.69, 9.17) is 0 Å². The molecular weight excluding hydrogens is 409 g/mol. The van der Waals surface area contributed by atoms with Gasteiger partial charge in [-0.25, -0.2) is 9.37 Å². The smallest absolute Gasteiger partial charge is 0.238 e. The molecule has 0 aliphatic rings. The highest BCUT2D eigenvalue weighted by atomic mass is 32.2. The molecule has 1 aromatic heterocycles. The number of aryl methyl sites for hydroxylation is 1. The summed E-state index contributed by atoms with van der Waals surface area (Å²) in [7, 11) is 1.83. The standard InChI is InChI=1S/C25H22FN3OS/c1-29-17-16-27-24(29)22(20-14-8-9-15-21(20)26)28-25(30)23(18-10-4-2-5-11-18)31-19-12-6-3-7-13-19/h2-17,22-23H,1H3,(H,28,30)/t22-,23+/m1/s1. The third kappa shape index (κ3) is 4.86. The number of imidazole rings is 1. The first kappa shape index (κ1) is 20.9. The first-order chi connectivity index (χ1) is 15.1. The highest BCUT2D eigenvalue weighted by molar-refractivity contribution is 8.00. The van der Waals surface area contributed by atoms with Crippen molar-refractivity contribution >= 4 is 17.7 Å². The maximum Gasteiger partial charge on any atom is 0.238 e. The minimum atomic E-state index is -0.712. The molecule has 0 aliphatic heterocycles. The third-order valence-electron chi connectivity index (χ3n) is 4.96. The Morgan fingerprint density at radius 1 is 0.968 bits per heavy atom. The summed E-state index contributed by atoms with van der Waals surface area (Å²) in [5, 5.41) is 2.55. The van der Waals surface area contributed by atoms with E-state index < -0.39 is 11.3 Å². The molecule has 1 heterocycles. The lowest BCUT2D eigenvalue weighted by atomic mass is 10.0. The summed E-state index contributed by atoms with van der Waals surface area (Å²) >= 11 is 1.46. The zero-order valence-corrected chi connectivity index (χ0v) is 17.8. The third-order valence-corrected chi connectivity index (χ3v) is 6.22. The van der Waals surface area contributed by atoms with E-state index in [0.717, 1.165) is 10.5 Å². The largest absolute Gasteiger partial charge is 0.341 e. The first-order valence-corrected chi connectivity index (χ1v) is 10.8. The van der Waals surface area contributed by atoms with Crippen LogP contribution >= 0.6 is 11.8 Å². The molecule has 0 saturated carbocycles. The molecule has 4 nitrogen and oxygen atoms in total. The summed E-state index contributed by atoms with van der Waals surface area (Å²) in [6.45, 7) is 0. The average molecular weight is 432 g/mol. The summed E-state index contributed by atoms with van der Waals surface area (Å²) < 4.78 is 16.5. The quantitative estimate of drug-likeness (QED) is 0.404. The molecule has 0 unspecified atom stereocenters. The number of benzene rings is 3. The van der Waals surface area contributed by atoms with Gasteiger partial charge in [0, 0.05) is 29.9 Å². The molecule has 0 radical (unpaired) electrons. The van der Waals surface area contributed by atoms with Crippen LogP contribution in [-0.4, -0.2) is 15.5 Å². The number of aromatic nitrogens is 2. The zero-order chi connectivity index (χ0) is 21.6. The molecule has 0 saturated heterocycles. The molecule has 2 atom stereocenters. The van der Waals surface area contributed by atoms with Gasteiger partial charge < -0.3 is 9.88 Å². The Kier molecular flexibility index (Phi) is 6.48. The van der Waals surface area contributed by atoms with E-state index >= 15 is 0 Å². The van der Waals surface area contributed by atoms with Gasteiger partial charge in [-0.2, -0.15) is 0 Å². The fourth-order valence-electron chi connectivity index (χ4n) is 3.40. The highest BCUT2D eigenvalue weighted by Gasteiger charge is 2.28. The van der Waals surface area contributed by atoms with E-state index in [2.05, 4.69) is 10.3 Å². The SMILES string of the molecule is Cn1ccnc1[C@H](NC(=O)[C@@H](Sc1ccccc1)c1ccccc1)c1ccccc1F. The molecular formula is C25H22FN3OS. The van der Waals surface area contributed by atoms with Crippen LogP contribution in [0.1, 0.15) is 28.2 Å². The van der Waals surface area contributed by atoms with Gasteiger partial charge >= 0.3 is 0 Å². The maximum atomic E-state index is 14.7. The fraction of sp³-hybridized carbons (Fsp3) is 0.120. The molecule has 1 N–H and O–H groups in total. The molecule has 6 heteroatoms. The summed E-state index contributed by atoms with van der Waals surface area (Å²) in [5.74, 6) is -0.0333. The number of hydrogen-bond donors (Lipinski definition) is 1. The van der Waals surface area contributed by atoms with Crippen molar-refractivity contribution in [2.45, 2.75) is 16.2 Å². The number of thioether (sulfide) groups is 1. The summed E-state index contributed by atoms with van der Waals surface area (Å²) in [4.78, 5) is 18.9. The Hall–Kier alpha value is -3.38. The second kappa shape index (κ2) is 9.62. The van der Waals surface area contributed by atoms with Crippen LogP contribution in [0.15, 0.2) is 102 Å². The topological polar surface area (TPSA) is 46.9 Å². The van der Waals surface area contributed by atoms with Crippen LogP contribution in [0.4, 0.5) is 4.39 Å². The maximum absolute atomic E-state index is 14.7. The number of nitrogens with zero attached hydrogens (tertiary/aromatic N) is 2. The number of hydrogen-bond acceptors (Lipinski definition) is 3. The molecule has 4 aromatic rings. The molecule has 0 fully saturated rings. The van der Waals surface area contributed by atoms with Crippen molar-refractivity contribution in [3.63, 3.8) is 0 Å². The van der Waals surface area contributed by atoms with Gasteiger partial charge in [0.25, 0.3) is 0 Å². The second-order valence-electron chi connectivity index (χ2n) is 7.08. The van der Waals surface area contributed by atoms with Crippen LogP contribution in [0.5, 0.6) is 0 Å². The minimum Gasteiger partial charge on any atom is -0.341 e. The van der Waals surface area contributed by atoms with Gasteiger partial charge in [0.1, 0.15) is 22.9 Å². The molecule has 0 aliphatic carbocycles. The van der Waals surface area contributed by atoms with E-state index in [9.17, 15) is 9.18 Å². The minimum absolute atomic E-state index is 0.212. The van der Waals surface area contributed by atoms with Gasteiger partial charge in [-0.05, 0) is 23.8 Å². The van der Waals surface area contributed by atoms with Crippen molar-refractivity contribution in [3.8, 4) is 0 Å². The number of carbonyl (C=O) groups excluding carboxylic acids is 1. The van der Waals surface area contributed by atoms with Crippen LogP contribution in [0.25, 0.3) is 0 Å². The van der Waals surface area contributed by atoms with Gasteiger partial charge in [0.2, 0.25) is 5.91 Å². The second-order valence-corrected chi connectivity index (χ2v) is 8.26. The first-order valence-electron chi connectivity index (χ1n) is 9.92. The number of halogens is 1. The molecule has 0 bridgehead atoms. The van der Waals surface area contributed by atoms with Crippen LogP contribution in [-0.2, 0) is 11.8 Å². The van der Waals surface area contributed by atoms with E-state index in [1.54, 1.807) is 35.2 Å². The lowest BCUT2D eigenvalue weighted by Crippen LogP contribution is -2.34. The van der Waals surface area contributed by atoms with Crippen molar-refractivity contribution in [2.75, 3.05) is 0 Å². The van der Waals surface area contributed by atoms with Crippen LogP contribution in [0.2, 0.25) is 0 Å². The van der Waals surface area contributed by atoms with Crippen LogP contribution < -0.4 is 5.32 Å². The normalized spacial score (nSPS) is 12.8. The number of rotatable bonds is 7. The molecule has 4 rings (SSSR count). The fourth-order valence-corrected chi connectivity index (χ4v) is 4.45. The zero-order valence-electron chi connectivity index (χ0n) is 17.0. The Morgan fingerprint density at radius 2 is 1.61 bits per heavy atom. The monoisotopic (exact) mass is 431 g/mol. The molecule has 156 valence electrons. The number of nitrogens with one attached hydrogen (secondary N) is 1. The van der Waals surface area contributed by atoms with Crippen molar-refractivity contribution in [3.05, 3.63) is 120 Å². The lowest BCUT2D eigenvalue weighted by Gasteiger charge is -2.23. The summed E-state index contributed by atoms with van der Waals surface area (Å²) in [6.07, 6.45) is 3.42. The van der Waals surface area contributed by atoms with Gasteiger partial charge in [0.05, 0.1) is 0 Å². The predicted octanol–water partition coefficient (Wildman–Crippen LogP) is 5.30. The Balaban J connectivity index is 1.69. The Morgan fingerprint density at radius 3 is 2.26 bits per heavy atom. The Bertz CT molecular complexity index is 1150. The molecule has 1 amide bonds. The van der Waals surface area contributed by atoms with Crippen molar-refractivity contribution in [1.82, 2.24) is 14.9 Å². The predicted molar refractivity (Wildman–Crippen MR) is 121 cm³/mol. The van der Waals surface area contributed by atoms with Crippen molar-refractivity contribution < 1.29 is 9.18 Å². The van der Waals surface area contributed by atoms with E-state index in [1.807, 2.05) is 67.7 Å². The summed E-state index contributed by atoms with van der Waals surface area (Å²) in [5.41, 5.74) is 1.25. The van der Waals surface area contributed by atoms with Crippen molar-refractivity contribution in [1.29, 1.82) is 0 Å². The number of amides is 1. The average Bonchev–Trinajstić information content (AvgIpc) is 3.23.